The lowest BCUT2D eigenvalue weighted by Gasteiger charge is -2.14. The molecular weight excluding hydrogens is 213 g/mol. The number of halogens is 1. The maximum absolute atomic E-state index is 13.0. The first kappa shape index (κ1) is 12.4. The van der Waals surface area contributed by atoms with Gasteiger partial charge in [-0.15, -0.1) is 0 Å². The fraction of sp³-hybridized carbons (Fsp3) is 0.364. The van der Waals surface area contributed by atoms with Gasteiger partial charge in [-0.2, -0.15) is 0 Å². The molecular formula is C11H14FNO3. The van der Waals surface area contributed by atoms with Crippen LogP contribution in [0.1, 0.15) is 18.5 Å². The minimum Gasteiger partial charge on any atom is -0.496 e. The van der Waals surface area contributed by atoms with Crippen molar-refractivity contribution < 1.29 is 18.7 Å². The normalized spacial score (nSPS) is 12.0. The topological polar surface area (TPSA) is 61.5 Å². The Hall–Kier alpha value is -1.62. The van der Waals surface area contributed by atoms with Gasteiger partial charge in [0.2, 0.25) is 0 Å². The van der Waals surface area contributed by atoms with Crippen LogP contribution in [0, 0.1) is 5.82 Å². The van der Waals surface area contributed by atoms with Gasteiger partial charge in [-0.3, -0.25) is 0 Å². The average molecular weight is 227 g/mol. The first-order valence-corrected chi connectivity index (χ1v) is 4.85. The zero-order chi connectivity index (χ0) is 12.1. The van der Waals surface area contributed by atoms with E-state index in [9.17, 15) is 9.18 Å². The van der Waals surface area contributed by atoms with Gasteiger partial charge in [-0.05, 0) is 25.1 Å². The van der Waals surface area contributed by atoms with Crippen molar-refractivity contribution in [1.82, 2.24) is 0 Å². The van der Waals surface area contributed by atoms with Crippen LogP contribution in [0.25, 0.3) is 0 Å². The van der Waals surface area contributed by atoms with Gasteiger partial charge in [0.15, 0.2) is 0 Å². The Morgan fingerprint density at radius 1 is 1.56 bits per heavy atom. The van der Waals surface area contributed by atoms with Gasteiger partial charge in [0.25, 0.3) is 0 Å². The van der Waals surface area contributed by atoms with Crippen molar-refractivity contribution in [3.8, 4) is 5.75 Å². The monoisotopic (exact) mass is 227 g/mol. The zero-order valence-corrected chi connectivity index (χ0v) is 9.20. The lowest BCUT2D eigenvalue weighted by Crippen LogP contribution is -2.24. The van der Waals surface area contributed by atoms with Gasteiger partial charge in [-0.1, -0.05) is 0 Å². The second-order valence-electron chi connectivity index (χ2n) is 3.12. The number of carbonyl (C=O) groups is 1. The number of methoxy groups -OCH3 is 1. The van der Waals surface area contributed by atoms with Crippen molar-refractivity contribution >= 4 is 5.97 Å². The Kier molecular flexibility index (Phi) is 4.25. The summed E-state index contributed by atoms with van der Waals surface area (Å²) >= 11 is 0. The van der Waals surface area contributed by atoms with Gasteiger partial charge in [-0.25, -0.2) is 9.18 Å². The molecule has 0 fully saturated rings. The van der Waals surface area contributed by atoms with Gasteiger partial charge in [0.1, 0.15) is 17.6 Å². The first-order valence-electron chi connectivity index (χ1n) is 4.85. The Bertz CT molecular complexity index is 381. The lowest BCUT2D eigenvalue weighted by atomic mass is 10.1. The summed E-state index contributed by atoms with van der Waals surface area (Å²) in [6, 6.07) is 2.79. The SMILES string of the molecule is CCOC(=O)C(N)c1cc(F)ccc1OC. The second kappa shape index (κ2) is 5.46. The first-order chi connectivity index (χ1) is 7.60. The fourth-order valence-corrected chi connectivity index (χ4v) is 1.31. The third-order valence-corrected chi connectivity index (χ3v) is 2.07. The van der Waals surface area contributed by atoms with Crippen molar-refractivity contribution in [2.45, 2.75) is 13.0 Å². The Labute approximate surface area is 93.2 Å². The number of hydrogen-bond acceptors (Lipinski definition) is 4. The van der Waals surface area contributed by atoms with Crippen LogP contribution in [0.15, 0.2) is 18.2 Å². The van der Waals surface area contributed by atoms with Crippen LogP contribution in [0.5, 0.6) is 5.75 Å². The maximum Gasteiger partial charge on any atom is 0.327 e. The summed E-state index contributed by atoms with van der Waals surface area (Å²) in [5, 5.41) is 0. The van der Waals surface area contributed by atoms with E-state index in [1.54, 1.807) is 6.92 Å². The summed E-state index contributed by atoms with van der Waals surface area (Å²) in [4.78, 5) is 11.4. The third kappa shape index (κ3) is 2.70. The predicted octanol–water partition coefficient (Wildman–Crippen LogP) is 1.40. The molecule has 0 aromatic heterocycles. The molecule has 0 saturated heterocycles. The van der Waals surface area contributed by atoms with Gasteiger partial charge in [0, 0.05) is 5.56 Å². The van der Waals surface area contributed by atoms with E-state index in [1.807, 2.05) is 0 Å². The molecule has 0 bridgehead atoms. The minimum absolute atomic E-state index is 0.226. The predicted molar refractivity (Wildman–Crippen MR) is 56.5 cm³/mol. The molecule has 88 valence electrons. The van der Waals surface area contributed by atoms with Gasteiger partial charge in [0.05, 0.1) is 13.7 Å². The molecule has 16 heavy (non-hydrogen) atoms. The van der Waals surface area contributed by atoms with Crippen LogP contribution >= 0.6 is 0 Å². The van der Waals surface area contributed by atoms with Gasteiger partial charge >= 0.3 is 5.97 Å². The number of hydrogen-bond donors (Lipinski definition) is 1. The average Bonchev–Trinajstić information content (AvgIpc) is 2.28. The second-order valence-corrected chi connectivity index (χ2v) is 3.12. The number of nitrogens with two attached hydrogens (primary N) is 1. The van der Waals surface area contributed by atoms with Crippen LogP contribution in [0.2, 0.25) is 0 Å². The van der Waals surface area contributed by atoms with Crippen molar-refractivity contribution in [1.29, 1.82) is 0 Å². The third-order valence-electron chi connectivity index (χ3n) is 2.07. The highest BCUT2D eigenvalue weighted by Gasteiger charge is 2.21. The Morgan fingerprint density at radius 3 is 2.81 bits per heavy atom. The molecule has 0 aliphatic carbocycles. The molecule has 1 rings (SSSR count). The zero-order valence-electron chi connectivity index (χ0n) is 9.20. The van der Waals surface area contributed by atoms with E-state index in [0.717, 1.165) is 0 Å². The van der Waals surface area contributed by atoms with E-state index < -0.39 is 17.8 Å². The summed E-state index contributed by atoms with van der Waals surface area (Å²) in [5.74, 6) is -0.719. The van der Waals surface area contributed by atoms with E-state index in [4.69, 9.17) is 15.2 Å². The van der Waals surface area contributed by atoms with E-state index >= 15 is 0 Å². The van der Waals surface area contributed by atoms with Crippen molar-refractivity contribution in [2.75, 3.05) is 13.7 Å². The number of benzene rings is 1. The van der Waals surface area contributed by atoms with Crippen LogP contribution in [-0.2, 0) is 9.53 Å². The fourth-order valence-electron chi connectivity index (χ4n) is 1.31. The Morgan fingerprint density at radius 2 is 2.25 bits per heavy atom. The lowest BCUT2D eigenvalue weighted by molar-refractivity contribution is -0.144. The van der Waals surface area contributed by atoms with Crippen molar-refractivity contribution in [3.05, 3.63) is 29.6 Å². The van der Waals surface area contributed by atoms with E-state index in [0.29, 0.717) is 5.75 Å². The summed E-state index contributed by atoms with van der Waals surface area (Å²) in [5.41, 5.74) is 5.93. The molecule has 1 atom stereocenters. The summed E-state index contributed by atoms with van der Waals surface area (Å²) in [7, 11) is 1.43. The highest BCUT2D eigenvalue weighted by Crippen LogP contribution is 2.25. The van der Waals surface area contributed by atoms with Crippen LogP contribution in [0.3, 0.4) is 0 Å². The summed E-state index contributed by atoms with van der Waals surface area (Å²) in [6.07, 6.45) is 0. The molecule has 4 nitrogen and oxygen atoms in total. The molecule has 2 N–H and O–H groups in total. The highest BCUT2D eigenvalue weighted by molar-refractivity contribution is 5.78. The molecule has 0 saturated carbocycles. The van der Waals surface area contributed by atoms with E-state index in [2.05, 4.69) is 0 Å². The molecule has 0 heterocycles. The smallest absolute Gasteiger partial charge is 0.327 e. The number of rotatable bonds is 4. The van der Waals surface area contributed by atoms with Gasteiger partial charge < -0.3 is 15.2 Å². The molecule has 1 aromatic rings. The van der Waals surface area contributed by atoms with Crippen molar-refractivity contribution in [3.63, 3.8) is 0 Å². The molecule has 0 aliphatic heterocycles. The molecule has 5 heteroatoms. The minimum atomic E-state index is -1.04. The molecule has 0 amide bonds. The molecule has 0 aliphatic rings. The van der Waals surface area contributed by atoms with Crippen LogP contribution in [0.4, 0.5) is 4.39 Å². The molecule has 0 spiro atoms. The highest BCUT2D eigenvalue weighted by atomic mass is 19.1. The maximum atomic E-state index is 13.0. The quantitative estimate of drug-likeness (QED) is 0.790. The Balaban J connectivity index is 3.01. The summed E-state index contributed by atoms with van der Waals surface area (Å²) in [6.45, 7) is 1.90. The number of carbonyl (C=O) groups excluding carboxylic acids is 1. The van der Waals surface area contributed by atoms with E-state index in [-0.39, 0.29) is 12.2 Å². The van der Waals surface area contributed by atoms with Crippen LogP contribution in [-0.4, -0.2) is 19.7 Å². The number of ether oxygens (including phenoxy) is 2. The standard InChI is InChI=1S/C11H14FNO3/c1-3-16-11(14)10(13)8-6-7(12)4-5-9(8)15-2/h4-6,10H,3,13H2,1-2H3. The number of esters is 1. The molecule has 1 unspecified atom stereocenters. The largest absolute Gasteiger partial charge is 0.496 e. The molecule has 0 radical (unpaired) electrons. The molecule has 1 aromatic carbocycles. The van der Waals surface area contributed by atoms with E-state index in [1.165, 1.54) is 25.3 Å². The van der Waals surface area contributed by atoms with Crippen LogP contribution < -0.4 is 10.5 Å². The van der Waals surface area contributed by atoms with Crippen molar-refractivity contribution in [2.24, 2.45) is 5.73 Å². The summed E-state index contributed by atoms with van der Waals surface area (Å²) < 4.78 is 22.8.